The van der Waals surface area contributed by atoms with Crippen LogP contribution in [0.15, 0.2) is 30.3 Å². The maximum Gasteiger partial charge on any atom is 0.325 e. The standard InChI is InChI=1S/C21H30N2O4/c1-15-9-20(2,3)14-21(10-15)18(25)23(19(26)22-21)11-17(24)13-27-12-16-7-5-4-6-8-16/h4-8,15,17,24H,9-14H2,1-3H3,(H,22,26)/t15-,17+,21+/m1/s1. The maximum absolute atomic E-state index is 13.0. The number of ether oxygens (including phenoxy) is 1. The highest BCUT2D eigenvalue weighted by molar-refractivity contribution is 6.07. The minimum absolute atomic E-state index is 0.00593. The van der Waals surface area contributed by atoms with Crippen LogP contribution < -0.4 is 5.32 Å². The van der Waals surface area contributed by atoms with Crippen molar-refractivity contribution in [2.24, 2.45) is 11.3 Å². The molecule has 1 aliphatic heterocycles. The summed E-state index contributed by atoms with van der Waals surface area (Å²) in [6.45, 7) is 6.80. The average molecular weight is 374 g/mol. The molecule has 6 nitrogen and oxygen atoms in total. The quantitative estimate of drug-likeness (QED) is 0.751. The van der Waals surface area contributed by atoms with Gasteiger partial charge in [-0.05, 0) is 36.2 Å². The lowest BCUT2D eigenvalue weighted by Gasteiger charge is -2.43. The Morgan fingerprint density at radius 2 is 1.96 bits per heavy atom. The molecule has 0 radical (unpaired) electrons. The molecule has 1 saturated carbocycles. The van der Waals surface area contributed by atoms with Crippen molar-refractivity contribution in [2.75, 3.05) is 13.2 Å². The van der Waals surface area contributed by atoms with Gasteiger partial charge >= 0.3 is 6.03 Å². The van der Waals surface area contributed by atoms with E-state index in [1.165, 1.54) is 0 Å². The monoisotopic (exact) mass is 374 g/mol. The maximum atomic E-state index is 13.0. The number of nitrogens with one attached hydrogen (secondary N) is 1. The van der Waals surface area contributed by atoms with Gasteiger partial charge in [-0.25, -0.2) is 4.79 Å². The number of imide groups is 1. The number of aliphatic hydroxyl groups is 1. The third kappa shape index (κ3) is 4.50. The lowest BCUT2D eigenvalue weighted by Crippen LogP contribution is -2.54. The zero-order valence-corrected chi connectivity index (χ0v) is 16.4. The van der Waals surface area contributed by atoms with Crippen molar-refractivity contribution in [1.82, 2.24) is 10.2 Å². The molecule has 2 fully saturated rings. The predicted octanol–water partition coefficient (Wildman–Crippen LogP) is 2.70. The summed E-state index contributed by atoms with van der Waals surface area (Å²) in [7, 11) is 0. The first-order chi connectivity index (χ1) is 12.7. The first-order valence-corrected chi connectivity index (χ1v) is 9.65. The van der Waals surface area contributed by atoms with E-state index >= 15 is 0 Å². The molecule has 6 heteroatoms. The summed E-state index contributed by atoms with van der Waals surface area (Å²) in [4.78, 5) is 26.7. The second kappa shape index (κ2) is 7.60. The summed E-state index contributed by atoms with van der Waals surface area (Å²) in [5.41, 5.74) is 0.175. The van der Waals surface area contributed by atoms with Gasteiger partial charge in [0.25, 0.3) is 5.91 Å². The summed E-state index contributed by atoms with van der Waals surface area (Å²) in [6.07, 6.45) is 1.41. The van der Waals surface area contributed by atoms with Crippen molar-refractivity contribution in [2.45, 2.75) is 58.3 Å². The molecule has 1 aromatic rings. The van der Waals surface area contributed by atoms with E-state index in [1.54, 1.807) is 0 Å². The number of amides is 3. The predicted molar refractivity (Wildman–Crippen MR) is 102 cm³/mol. The fourth-order valence-electron chi connectivity index (χ4n) is 4.82. The molecule has 1 aliphatic carbocycles. The van der Waals surface area contributed by atoms with Crippen molar-refractivity contribution in [3.05, 3.63) is 35.9 Å². The Labute approximate surface area is 160 Å². The Morgan fingerprint density at radius 3 is 2.63 bits per heavy atom. The Kier molecular flexibility index (Phi) is 5.58. The molecule has 148 valence electrons. The van der Waals surface area contributed by atoms with Crippen LogP contribution in [-0.2, 0) is 16.1 Å². The largest absolute Gasteiger partial charge is 0.389 e. The molecule has 0 aromatic heterocycles. The SMILES string of the molecule is C[C@@H]1CC(C)(C)C[C@]2(C1)NC(=O)N(C[C@H](O)COCc1ccccc1)C2=O. The highest BCUT2D eigenvalue weighted by Gasteiger charge is 2.56. The molecule has 0 bridgehead atoms. The second-order valence-corrected chi connectivity index (χ2v) is 8.94. The van der Waals surface area contributed by atoms with Crippen LogP contribution in [0, 0.1) is 11.3 Å². The van der Waals surface area contributed by atoms with Gasteiger partial charge in [-0.1, -0.05) is 51.1 Å². The van der Waals surface area contributed by atoms with Gasteiger partial charge in [-0.3, -0.25) is 9.69 Å². The zero-order chi connectivity index (χ0) is 19.7. The lowest BCUT2D eigenvalue weighted by atomic mass is 9.64. The van der Waals surface area contributed by atoms with E-state index in [2.05, 4.69) is 26.1 Å². The smallest absolute Gasteiger partial charge is 0.325 e. The van der Waals surface area contributed by atoms with Gasteiger partial charge in [0.05, 0.1) is 25.9 Å². The van der Waals surface area contributed by atoms with Gasteiger partial charge in [0.1, 0.15) is 5.54 Å². The summed E-state index contributed by atoms with van der Waals surface area (Å²) < 4.78 is 5.53. The molecule has 0 unspecified atom stereocenters. The van der Waals surface area contributed by atoms with Gasteiger partial charge in [0, 0.05) is 0 Å². The van der Waals surface area contributed by atoms with E-state index in [4.69, 9.17) is 4.74 Å². The first kappa shape index (κ1) is 19.8. The van der Waals surface area contributed by atoms with Crippen LogP contribution in [0.2, 0.25) is 0 Å². The number of hydrogen-bond acceptors (Lipinski definition) is 4. The summed E-state index contributed by atoms with van der Waals surface area (Å²) in [5, 5.41) is 13.2. The number of carbonyl (C=O) groups excluding carboxylic acids is 2. The van der Waals surface area contributed by atoms with E-state index in [0.717, 1.165) is 16.9 Å². The van der Waals surface area contributed by atoms with Crippen molar-refractivity contribution >= 4 is 11.9 Å². The minimum Gasteiger partial charge on any atom is -0.389 e. The summed E-state index contributed by atoms with van der Waals surface area (Å²) in [5.74, 6) is 0.145. The van der Waals surface area contributed by atoms with E-state index in [1.807, 2.05) is 30.3 Å². The second-order valence-electron chi connectivity index (χ2n) is 8.94. The molecule has 2 N–H and O–H groups in total. The van der Waals surface area contributed by atoms with E-state index in [9.17, 15) is 14.7 Å². The highest BCUT2D eigenvalue weighted by atomic mass is 16.5. The Hall–Kier alpha value is -1.92. The van der Waals surface area contributed by atoms with Crippen LogP contribution in [0.4, 0.5) is 4.79 Å². The Morgan fingerprint density at radius 1 is 1.26 bits per heavy atom. The number of β-amino-alcohol motifs (C(OH)–C–C–N with tert-alkyl or cyclic N) is 1. The molecule has 3 amide bonds. The number of hydrogen-bond donors (Lipinski definition) is 2. The number of carbonyl (C=O) groups is 2. The van der Waals surface area contributed by atoms with Gasteiger partial charge < -0.3 is 15.2 Å². The van der Waals surface area contributed by atoms with Crippen LogP contribution in [-0.4, -0.2) is 46.7 Å². The fraction of sp³-hybridized carbons (Fsp3) is 0.619. The van der Waals surface area contributed by atoms with E-state index in [0.29, 0.717) is 25.4 Å². The molecule has 27 heavy (non-hydrogen) atoms. The molecule has 3 rings (SSSR count). The first-order valence-electron chi connectivity index (χ1n) is 9.65. The van der Waals surface area contributed by atoms with Crippen LogP contribution in [0.3, 0.4) is 0 Å². The van der Waals surface area contributed by atoms with Crippen LogP contribution >= 0.6 is 0 Å². The summed E-state index contributed by atoms with van der Waals surface area (Å²) in [6, 6.07) is 9.26. The molecule has 1 spiro atoms. The number of benzene rings is 1. The van der Waals surface area contributed by atoms with Crippen molar-refractivity contribution in [1.29, 1.82) is 0 Å². The Balaban J connectivity index is 1.57. The van der Waals surface area contributed by atoms with E-state index < -0.39 is 17.7 Å². The van der Waals surface area contributed by atoms with Crippen LogP contribution in [0.5, 0.6) is 0 Å². The van der Waals surface area contributed by atoms with Crippen LogP contribution in [0.25, 0.3) is 0 Å². The van der Waals surface area contributed by atoms with Gasteiger partial charge in [-0.15, -0.1) is 0 Å². The van der Waals surface area contributed by atoms with Crippen molar-refractivity contribution < 1.29 is 19.4 Å². The zero-order valence-electron chi connectivity index (χ0n) is 16.4. The molecular formula is C21H30N2O4. The summed E-state index contributed by atoms with van der Waals surface area (Å²) >= 11 is 0. The highest BCUT2D eigenvalue weighted by Crippen LogP contribution is 2.46. The van der Waals surface area contributed by atoms with E-state index in [-0.39, 0.29) is 24.5 Å². The number of urea groups is 1. The number of rotatable bonds is 6. The normalized spacial score (nSPS) is 28.4. The van der Waals surface area contributed by atoms with Gasteiger partial charge in [0.2, 0.25) is 0 Å². The molecule has 2 aliphatic rings. The minimum atomic E-state index is -0.910. The molecule has 1 heterocycles. The lowest BCUT2D eigenvalue weighted by molar-refractivity contribution is -0.136. The molecule has 1 saturated heterocycles. The topological polar surface area (TPSA) is 78.9 Å². The molecule has 3 atom stereocenters. The van der Waals surface area contributed by atoms with Gasteiger partial charge in [0.15, 0.2) is 0 Å². The van der Waals surface area contributed by atoms with Crippen LogP contribution in [0.1, 0.15) is 45.6 Å². The number of nitrogens with zero attached hydrogens (tertiary/aromatic N) is 1. The van der Waals surface area contributed by atoms with Crippen molar-refractivity contribution in [3.63, 3.8) is 0 Å². The third-order valence-corrected chi connectivity index (χ3v) is 5.44. The molecule has 1 aromatic carbocycles. The third-order valence-electron chi connectivity index (χ3n) is 5.44. The average Bonchev–Trinajstić information content (AvgIpc) is 2.77. The van der Waals surface area contributed by atoms with Crippen molar-refractivity contribution in [3.8, 4) is 0 Å². The fourth-order valence-corrected chi connectivity index (χ4v) is 4.82. The Bertz CT molecular complexity index is 691. The van der Waals surface area contributed by atoms with Gasteiger partial charge in [-0.2, -0.15) is 0 Å². The molecular weight excluding hydrogens is 344 g/mol. The number of aliphatic hydroxyl groups excluding tert-OH is 1.